The van der Waals surface area contributed by atoms with Crippen LogP contribution in [-0.4, -0.2) is 34.2 Å². The first-order valence-corrected chi connectivity index (χ1v) is 10.8. The number of pyridine rings is 1. The maximum Gasteiger partial charge on any atom is 0.271 e. The van der Waals surface area contributed by atoms with Gasteiger partial charge in [0.2, 0.25) is 0 Å². The van der Waals surface area contributed by atoms with Crippen molar-refractivity contribution in [3.05, 3.63) is 98.6 Å². The van der Waals surface area contributed by atoms with Gasteiger partial charge >= 0.3 is 0 Å². The monoisotopic (exact) mass is 519 g/mol. The Hall–Kier alpha value is -4.31. The highest BCUT2D eigenvalue weighted by Crippen LogP contribution is 2.31. The number of hydrogen-bond acceptors (Lipinski definition) is 7. The van der Waals surface area contributed by atoms with Gasteiger partial charge < -0.3 is 9.84 Å². The molecule has 0 saturated heterocycles. The van der Waals surface area contributed by atoms with Crippen LogP contribution in [0.15, 0.2) is 87.4 Å². The molecule has 1 aromatic heterocycles. The van der Waals surface area contributed by atoms with Crippen LogP contribution in [0.1, 0.15) is 11.3 Å². The zero-order chi connectivity index (χ0) is 24.1. The van der Waals surface area contributed by atoms with Crippen molar-refractivity contribution in [1.82, 2.24) is 10.4 Å². The number of halogens is 1. The van der Waals surface area contributed by atoms with Crippen molar-refractivity contribution in [1.29, 1.82) is 0 Å². The number of nitrogens with one attached hydrogen (secondary N) is 1. The lowest BCUT2D eigenvalue weighted by molar-refractivity contribution is -0.385. The van der Waals surface area contributed by atoms with Gasteiger partial charge in [0.05, 0.1) is 28.2 Å². The third-order valence-electron chi connectivity index (χ3n) is 4.82. The summed E-state index contributed by atoms with van der Waals surface area (Å²) < 4.78 is 5.58. The van der Waals surface area contributed by atoms with Crippen LogP contribution in [0, 0.1) is 10.1 Å². The Kier molecular flexibility index (Phi) is 6.79. The summed E-state index contributed by atoms with van der Waals surface area (Å²) in [6.07, 6.45) is 1.27. The number of phenols is 1. The summed E-state index contributed by atoms with van der Waals surface area (Å²) in [5.41, 5.74) is 4.66. The molecule has 4 aromatic rings. The number of fused-ring (bicyclic) bond motifs is 1. The summed E-state index contributed by atoms with van der Waals surface area (Å²) in [4.78, 5) is 19.9. The number of hydrazone groups is 1. The van der Waals surface area contributed by atoms with E-state index in [1.165, 1.54) is 18.3 Å². The van der Waals surface area contributed by atoms with Gasteiger partial charge in [0, 0.05) is 23.1 Å². The lowest BCUT2D eigenvalue weighted by Gasteiger charge is -2.09. The standard InChI is InChI=1S/C24H18BrN5O4/c1-34-22-9-5-4-8-20(22)28-24(21-11-10-15-6-2-3-7-19(15)27-21)29-26-14-16-12-17(30(32)33)13-18(25)23(16)31/h2-14,31H,1H3,(H,28,29)/b26-14+. The normalized spacial score (nSPS) is 11.6. The summed E-state index contributed by atoms with van der Waals surface area (Å²) in [6.45, 7) is 0. The highest BCUT2D eigenvalue weighted by Gasteiger charge is 2.14. The molecule has 9 nitrogen and oxygen atoms in total. The van der Waals surface area contributed by atoms with E-state index in [-0.39, 0.29) is 21.5 Å². The molecule has 1 heterocycles. The molecular formula is C24H18BrN5O4. The van der Waals surface area contributed by atoms with Crippen molar-refractivity contribution in [2.45, 2.75) is 0 Å². The maximum atomic E-state index is 11.2. The average molecular weight is 520 g/mol. The van der Waals surface area contributed by atoms with Crippen molar-refractivity contribution >= 4 is 50.3 Å². The Morgan fingerprint density at radius 3 is 2.71 bits per heavy atom. The summed E-state index contributed by atoms with van der Waals surface area (Å²) in [5.74, 6) is 0.700. The molecular weight excluding hydrogens is 502 g/mol. The number of para-hydroxylation sites is 3. The predicted molar refractivity (Wildman–Crippen MR) is 134 cm³/mol. The van der Waals surface area contributed by atoms with E-state index in [0.29, 0.717) is 23.0 Å². The number of phenolic OH excluding ortho intramolecular Hbond substituents is 1. The number of methoxy groups -OCH3 is 1. The second kappa shape index (κ2) is 10.1. The van der Waals surface area contributed by atoms with Gasteiger partial charge in [-0.15, -0.1) is 0 Å². The van der Waals surface area contributed by atoms with E-state index in [4.69, 9.17) is 4.74 Å². The molecule has 10 heteroatoms. The summed E-state index contributed by atoms with van der Waals surface area (Å²) >= 11 is 3.12. The Labute approximate surface area is 202 Å². The molecule has 0 unspecified atom stereocenters. The first-order chi connectivity index (χ1) is 16.5. The lowest BCUT2D eigenvalue weighted by atomic mass is 10.2. The fourth-order valence-electron chi connectivity index (χ4n) is 3.15. The predicted octanol–water partition coefficient (Wildman–Crippen LogP) is 5.32. The third kappa shape index (κ3) is 5.02. The van der Waals surface area contributed by atoms with Crippen LogP contribution in [-0.2, 0) is 0 Å². The Morgan fingerprint density at radius 1 is 1.15 bits per heavy atom. The number of benzene rings is 3. The van der Waals surface area contributed by atoms with E-state index < -0.39 is 4.92 Å². The molecule has 3 aromatic carbocycles. The molecule has 0 fully saturated rings. The van der Waals surface area contributed by atoms with Crippen molar-refractivity contribution in [2.75, 3.05) is 7.11 Å². The van der Waals surface area contributed by atoms with Crippen molar-refractivity contribution < 1.29 is 14.8 Å². The van der Waals surface area contributed by atoms with E-state index in [1.807, 2.05) is 42.5 Å². The second-order valence-corrected chi connectivity index (χ2v) is 7.87. The van der Waals surface area contributed by atoms with Crippen LogP contribution in [0.25, 0.3) is 10.9 Å². The summed E-state index contributed by atoms with van der Waals surface area (Å²) in [5, 5.41) is 26.6. The Bertz CT molecular complexity index is 1440. The van der Waals surface area contributed by atoms with Gasteiger partial charge in [-0.3, -0.25) is 15.5 Å². The van der Waals surface area contributed by atoms with E-state index in [2.05, 4.69) is 36.4 Å². The zero-order valence-corrected chi connectivity index (χ0v) is 19.4. The molecule has 0 radical (unpaired) electrons. The number of nitro benzene ring substituents is 1. The minimum atomic E-state index is -0.553. The van der Waals surface area contributed by atoms with Gasteiger partial charge in [-0.05, 0) is 40.2 Å². The Morgan fingerprint density at radius 2 is 1.91 bits per heavy atom. The number of nitrogens with zero attached hydrogens (tertiary/aromatic N) is 4. The number of aromatic hydroxyl groups is 1. The SMILES string of the molecule is COc1ccccc1N=C(N/N=C/c1cc([N+](=O)[O-])cc(Br)c1O)c1ccc2ccccc2n1. The van der Waals surface area contributed by atoms with Crippen LogP contribution in [0.2, 0.25) is 0 Å². The number of amidine groups is 1. The molecule has 0 bridgehead atoms. The highest BCUT2D eigenvalue weighted by molar-refractivity contribution is 9.10. The molecule has 0 aliphatic heterocycles. The quantitative estimate of drug-likeness (QED) is 0.154. The van der Waals surface area contributed by atoms with Gasteiger partial charge in [0.15, 0.2) is 5.84 Å². The molecule has 34 heavy (non-hydrogen) atoms. The van der Waals surface area contributed by atoms with Crippen LogP contribution in [0.4, 0.5) is 11.4 Å². The first-order valence-electron chi connectivity index (χ1n) is 10.00. The molecule has 0 spiro atoms. The summed E-state index contributed by atoms with van der Waals surface area (Å²) in [7, 11) is 1.55. The number of nitro groups is 1. The number of hydrogen-bond donors (Lipinski definition) is 2. The average Bonchev–Trinajstić information content (AvgIpc) is 2.85. The summed E-state index contributed by atoms with van der Waals surface area (Å²) in [6, 6.07) is 21.1. The Balaban J connectivity index is 1.74. The van der Waals surface area contributed by atoms with Crippen molar-refractivity contribution in [3.63, 3.8) is 0 Å². The van der Waals surface area contributed by atoms with Gasteiger partial charge in [0.25, 0.3) is 5.69 Å². The highest BCUT2D eigenvalue weighted by atomic mass is 79.9. The maximum absolute atomic E-state index is 11.2. The zero-order valence-electron chi connectivity index (χ0n) is 17.8. The van der Waals surface area contributed by atoms with E-state index in [9.17, 15) is 15.2 Å². The topological polar surface area (TPSA) is 122 Å². The van der Waals surface area contributed by atoms with E-state index in [1.54, 1.807) is 25.3 Å². The van der Waals surface area contributed by atoms with Crippen LogP contribution < -0.4 is 10.2 Å². The molecule has 0 aliphatic rings. The molecule has 170 valence electrons. The van der Waals surface area contributed by atoms with Gasteiger partial charge in [0.1, 0.15) is 22.9 Å². The number of non-ortho nitro benzene ring substituents is 1. The van der Waals surface area contributed by atoms with Crippen LogP contribution in [0.5, 0.6) is 11.5 Å². The van der Waals surface area contributed by atoms with Gasteiger partial charge in [-0.25, -0.2) is 9.98 Å². The van der Waals surface area contributed by atoms with Gasteiger partial charge in [-0.1, -0.05) is 36.4 Å². The molecule has 0 aliphatic carbocycles. The largest absolute Gasteiger partial charge is 0.506 e. The van der Waals surface area contributed by atoms with Gasteiger partial charge in [-0.2, -0.15) is 5.10 Å². The van der Waals surface area contributed by atoms with E-state index >= 15 is 0 Å². The van der Waals surface area contributed by atoms with Crippen LogP contribution >= 0.6 is 15.9 Å². The molecule has 4 rings (SSSR count). The minimum Gasteiger partial charge on any atom is -0.506 e. The molecule has 2 N–H and O–H groups in total. The van der Waals surface area contributed by atoms with Crippen LogP contribution in [0.3, 0.4) is 0 Å². The van der Waals surface area contributed by atoms with E-state index in [0.717, 1.165) is 10.9 Å². The fourth-order valence-corrected chi connectivity index (χ4v) is 3.62. The first kappa shape index (κ1) is 22.9. The lowest BCUT2D eigenvalue weighted by Crippen LogP contribution is -2.20. The van der Waals surface area contributed by atoms with Crippen molar-refractivity contribution in [3.8, 4) is 11.5 Å². The minimum absolute atomic E-state index is 0.150. The molecule has 0 amide bonds. The second-order valence-electron chi connectivity index (χ2n) is 7.01. The number of aliphatic imine (C=N–C) groups is 1. The number of ether oxygens (including phenoxy) is 1. The van der Waals surface area contributed by atoms with Crippen molar-refractivity contribution in [2.24, 2.45) is 10.1 Å². The fraction of sp³-hybridized carbons (Fsp3) is 0.0417. The molecule has 0 saturated carbocycles. The third-order valence-corrected chi connectivity index (χ3v) is 5.43. The number of aromatic nitrogens is 1. The number of rotatable bonds is 6. The smallest absolute Gasteiger partial charge is 0.271 e. The molecule has 0 atom stereocenters.